The average Bonchev–Trinajstić information content (AvgIpc) is 3.40. The zero-order chi connectivity index (χ0) is 20.7. The first-order chi connectivity index (χ1) is 14.6. The minimum Gasteiger partial charge on any atom is -0.351 e. The molecule has 30 heavy (non-hydrogen) atoms. The molecule has 4 heterocycles. The lowest BCUT2D eigenvalue weighted by atomic mass is 10.2. The Morgan fingerprint density at radius 3 is 2.83 bits per heavy atom. The standard InChI is InChI=1S/C21H24N8O/c1-26(13-15-7-6-12-28(15)18-10-5-11-22-23-18)14-19-24-25-21-27(2)20(30)16-8-3-4-9-17(16)29(19)21/h3-5,8-11,15H,6-7,12-14H2,1-2H3. The third-order valence-electron chi connectivity index (χ3n) is 5.86. The van der Waals surface area contributed by atoms with Crippen molar-refractivity contribution in [2.45, 2.75) is 25.4 Å². The molecular weight excluding hydrogens is 380 g/mol. The Morgan fingerprint density at radius 2 is 2.00 bits per heavy atom. The van der Waals surface area contributed by atoms with Crippen molar-refractivity contribution in [3.05, 3.63) is 58.8 Å². The van der Waals surface area contributed by atoms with Crippen molar-refractivity contribution in [1.82, 2.24) is 34.3 Å². The van der Waals surface area contributed by atoms with Crippen molar-refractivity contribution in [3.63, 3.8) is 0 Å². The van der Waals surface area contributed by atoms with Crippen LogP contribution in [0, 0.1) is 0 Å². The number of nitrogens with zero attached hydrogens (tertiary/aromatic N) is 8. The summed E-state index contributed by atoms with van der Waals surface area (Å²) in [6.07, 6.45) is 3.98. The average molecular weight is 404 g/mol. The van der Waals surface area contributed by atoms with E-state index in [0.717, 1.165) is 43.1 Å². The molecule has 1 aliphatic rings. The van der Waals surface area contributed by atoms with E-state index in [1.165, 1.54) is 0 Å². The topological polar surface area (TPSA) is 84.5 Å². The lowest BCUT2D eigenvalue weighted by molar-refractivity contribution is 0.295. The molecule has 154 valence electrons. The van der Waals surface area contributed by atoms with Gasteiger partial charge in [-0.3, -0.25) is 18.7 Å². The van der Waals surface area contributed by atoms with E-state index in [1.54, 1.807) is 17.8 Å². The van der Waals surface area contributed by atoms with E-state index in [-0.39, 0.29) is 5.56 Å². The van der Waals surface area contributed by atoms with Gasteiger partial charge < -0.3 is 4.90 Å². The Labute approximate surface area is 173 Å². The van der Waals surface area contributed by atoms with Crippen molar-refractivity contribution < 1.29 is 0 Å². The molecule has 0 bridgehead atoms. The molecule has 1 atom stereocenters. The molecule has 3 aromatic heterocycles. The third kappa shape index (κ3) is 3.11. The van der Waals surface area contributed by atoms with Crippen LogP contribution in [0.5, 0.6) is 0 Å². The van der Waals surface area contributed by atoms with Crippen LogP contribution in [0.25, 0.3) is 16.7 Å². The van der Waals surface area contributed by atoms with E-state index in [9.17, 15) is 4.79 Å². The summed E-state index contributed by atoms with van der Waals surface area (Å²) in [6, 6.07) is 11.9. The van der Waals surface area contributed by atoms with Gasteiger partial charge in [0.25, 0.3) is 5.56 Å². The Balaban J connectivity index is 1.43. The van der Waals surface area contributed by atoms with Gasteiger partial charge in [-0.15, -0.1) is 15.3 Å². The van der Waals surface area contributed by atoms with E-state index in [1.807, 2.05) is 40.8 Å². The number of hydrogen-bond donors (Lipinski definition) is 0. The minimum absolute atomic E-state index is 0.0593. The van der Waals surface area contributed by atoms with E-state index < -0.39 is 0 Å². The third-order valence-corrected chi connectivity index (χ3v) is 5.86. The second-order valence-electron chi connectivity index (χ2n) is 7.90. The molecule has 9 nitrogen and oxygen atoms in total. The van der Waals surface area contributed by atoms with Crippen LogP contribution < -0.4 is 10.5 Å². The lowest BCUT2D eigenvalue weighted by Gasteiger charge is -2.28. The summed E-state index contributed by atoms with van der Waals surface area (Å²) in [5.41, 5.74) is 0.780. The van der Waals surface area contributed by atoms with Gasteiger partial charge in [-0.05, 0) is 44.2 Å². The number of anilines is 1. The van der Waals surface area contributed by atoms with Gasteiger partial charge >= 0.3 is 0 Å². The van der Waals surface area contributed by atoms with E-state index >= 15 is 0 Å². The summed E-state index contributed by atoms with van der Waals surface area (Å²) in [5, 5.41) is 17.7. The van der Waals surface area contributed by atoms with Crippen LogP contribution in [0.4, 0.5) is 5.82 Å². The molecule has 0 radical (unpaired) electrons. The predicted octanol–water partition coefficient (Wildman–Crippen LogP) is 1.47. The van der Waals surface area contributed by atoms with E-state index in [4.69, 9.17) is 0 Å². The zero-order valence-corrected chi connectivity index (χ0v) is 17.1. The van der Waals surface area contributed by atoms with Gasteiger partial charge in [0, 0.05) is 32.4 Å². The fourth-order valence-electron chi connectivity index (χ4n) is 4.43. The number of para-hydroxylation sites is 1. The molecule has 0 spiro atoms. The Kier molecular flexibility index (Phi) is 4.66. The highest BCUT2D eigenvalue weighted by Crippen LogP contribution is 2.24. The lowest BCUT2D eigenvalue weighted by Crippen LogP contribution is -2.39. The molecule has 1 saturated heterocycles. The quantitative estimate of drug-likeness (QED) is 0.498. The zero-order valence-electron chi connectivity index (χ0n) is 17.1. The first-order valence-electron chi connectivity index (χ1n) is 10.2. The van der Waals surface area contributed by atoms with Crippen molar-refractivity contribution in [2.75, 3.05) is 25.0 Å². The van der Waals surface area contributed by atoms with Crippen molar-refractivity contribution >= 4 is 22.5 Å². The number of benzene rings is 1. The summed E-state index contributed by atoms with van der Waals surface area (Å²) in [4.78, 5) is 17.2. The highest BCUT2D eigenvalue weighted by Gasteiger charge is 2.27. The number of aromatic nitrogens is 6. The van der Waals surface area contributed by atoms with Gasteiger partial charge in [-0.25, -0.2) is 0 Å². The molecule has 0 saturated carbocycles. The first kappa shape index (κ1) is 18.7. The van der Waals surface area contributed by atoms with Gasteiger partial charge in [-0.1, -0.05) is 12.1 Å². The molecule has 1 aromatic carbocycles. The summed E-state index contributed by atoms with van der Waals surface area (Å²) in [5.74, 6) is 2.31. The smallest absolute Gasteiger partial charge is 0.262 e. The van der Waals surface area contributed by atoms with Gasteiger partial charge in [0.2, 0.25) is 5.78 Å². The fourth-order valence-corrected chi connectivity index (χ4v) is 4.43. The fraction of sp³-hybridized carbons (Fsp3) is 0.381. The Hall–Kier alpha value is -3.33. The molecule has 1 aliphatic heterocycles. The molecule has 9 heteroatoms. The van der Waals surface area contributed by atoms with Crippen LogP contribution in [-0.4, -0.2) is 60.4 Å². The molecule has 0 aliphatic carbocycles. The molecule has 5 rings (SSSR count). The molecule has 0 amide bonds. The monoisotopic (exact) mass is 404 g/mol. The predicted molar refractivity (Wildman–Crippen MR) is 114 cm³/mol. The van der Waals surface area contributed by atoms with Crippen LogP contribution in [0.2, 0.25) is 0 Å². The van der Waals surface area contributed by atoms with Crippen LogP contribution in [-0.2, 0) is 13.6 Å². The van der Waals surface area contributed by atoms with Gasteiger partial charge in [-0.2, -0.15) is 5.10 Å². The molecular formula is C21H24N8O. The number of likely N-dealkylation sites (N-methyl/N-ethyl adjacent to an activating group) is 1. The number of aryl methyl sites for hydroxylation is 1. The maximum absolute atomic E-state index is 12.6. The Morgan fingerprint density at radius 1 is 1.13 bits per heavy atom. The largest absolute Gasteiger partial charge is 0.351 e. The van der Waals surface area contributed by atoms with Gasteiger partial charge in [0.15, 0.2) is 11.6 Å². The van der Waals surface area contributed by atoms with Gasteiger partial charge in [0.1, 0.15) is 0 Å². The van der Waals surface area contributed by atoms with Crippen LogP contribution in [0.3, 0.4) is 0 Å². The summed E-state index contributed by atoms with van der Waals surface area (Å²) in [7, 11) is 3.84. The second-order valence-corrected chi connectivity index (χ2v) is 7.90. The maximum atomic E-state index is 12.6. The summed E-state index contributed by atoms with van der Waals surface area (Å²) >= 11 is 0. The highest BCUT2D eigenvalue weighted by molar-refractivity contribution is 5.80. The van der Waals surface area contributed by atoms with E-state index in [2.05, 4.69) is 37.2 Å². The molecule has 1 fully saturated rings. The van der Waals surface area contributed by atoms with Crippen LogP contribution in [0.15, 0.2) is 47.4 Å². The van der Waals surface area contributed by atoms with Gasteiger partial charge in [0.05, 0.1) is 17.4 Å². The van der Waals surface area contributed by atoms with Crippen molar-refractivity contribution in [3.8, 4) is 0 Å². The first-order valence-corrected chi connectivity index (χ1v) is 10.2. The second kappa shape index (κ2) is 7.49. The van der Waals surface area contributed by atoms with Crippen molar-refractivity contribution in [1.29, 1.82) is 0 Å². The Bertz CT molecular complexity index is 1250. The molecule has 0 N–H and O–H groups in total. The maximum Gasteiger partial charge on any atom is 0.262 e. The van der Waals surface area contributed by atoms with Crippen molar-refractivity contribution in [2.24, 2.45) is 7.05 Å². The number of fused-ring (bicyclic) bond motifs is 3. The number of rotatable bonds is 5. The normalized spacial score (nSPS) is 16.9. The van der Waals surface area contributed by atoms with Crippen LogP contribution >= 0.6 is 0 Å². The van der Waals surface area contributed by atoms with Crippen LogP contribution in [0.1, 0.15) is 18.7 Å². The molecule has 4 aromatic rings. The summed E-state index contributed by atoms with van der Waals surface area (Å²) < 4.78 is 3.55. The SMILES string of the molecule is CN(Cc1nnc2n(C)c(=O)c3ccccc3n12)CC1CCCN1c1cccnn1. The highest BCUT2D eigenvalue weighted by atomic mass is 16.1. The molecule has 1 unspecified atom stereocenters. The number of hydrogen-bond acceptors (Lipinski definition) is 7. The minimum atomic E-state index is -0.0593. The van der Waals surface area contributed by atoms with E-state index in [0.29, 0.717) is 23.8 Å². The summed E-state index contributed by atoms with van der Waals surface area (Å²) in [6.45, 7) is 2.52.